The first-order valence-corrected chi connectivity index (χ1v) is 9.90. The summed E-state index contributed by atoms with van der Waals surface area (Å²) >= 11 is 0. The Bertz CT molecular complexity index is 647. The molecule has 0 aliphatic carbocycles. The van der Waals surface area contributed by atoms with Gasteiger partial charge in [0.25, 0.3) is 20.4 Å². The van der Waals surface area contributed by atoms with Crippen molar-refractivity contribution in [2.45, 2.75) is 37.5 Å². The van der Waals surface area contributed by atoms with E-state index in [9.17, 15) is 16.8 Å². The number of hydrogen-bond acceptors (Lipinski definition) is 8. The first kappa shape index (κ1) is 17.0. The fourth-order valence-corrected chi connectivity index (χ4v) is 5.61. The van der Waals surface area contributed by atoms with Gasteiger partial charge in [-0.25, -0.2) is 0 Å². The summed E-state index contributed by atoms with van der Waals surface area (Å²) in [5.41, 5.74) is 0. The molecule has 0 amide bonds. The smallest absolute Gasteiger partial charge is 0.286 e. The van der Waals surface area contributed by atoms with Crippen LogP contribution in [0, 0.1) is 0 Å². The van der Waals surface area contributed by atoms with Crippen LogP contribution in [0.1, 0.15) is 0 Å². The van der Waals surface area contributed by atoms with Crippen LogP contribution in [0.3, 0.4) is 0 Å². The first-order chi connectivity index (χ1) is 11.1. The third-order valence-corrected chi connectivity index (χ3v) is 8.44. The molecular formula is C10H18N4O8S2. The predicted octanol–water partition coefficient (Wildman–Crippen LogP) is -2.72. The number of fused-ring (bicyclic) bond motifs is 3. The monoisotopic (exact) mass is 386 g/mol. The summed E-state index contributed by atoms with van der Waals surface area (Å²) < 4.78 is 75.5. The minimum absolute atomic E-state index is 0.914. The van der Waals surface area contributed by atoms with Gasteiger partial charge in [-0.1, -0.05) is 0 Å². The second-order valence-corrected chi connectivity index (χ2v) is 10.0. The Balaban J connectivity index is 1.62. The first-order valence-electron chi connectivity index (χ1n) is 7.10. The van der Waals surface area contributed by atoms with E-state index in [4.69, 9.17) is 18.9 Å². The maximum absolute atomic E-state index is 12.2. The predicted molar refractivity (Wildman–Crippen MR) is 76.0 cm³/mol. The van der Waals surface area contributed by atoms with Crippen LogP contribution in [-0.2, 0) is 39.4 Å². The third-order valence-electron chi connectivity index (χ3n) is 4.69. The molecule has 0 aromatic rings. The second kappa shape index (κ2) is 5.06. The summed E-state index contributed by atoms with van der Waals surface area (Å²) in [5.74, 6) is 0. The summed E-state index contributed by atoms with van der Waals surface area (Å²) in [4.78, 5) is 0. The summed E-state index contributed by atoms with van der Waals surface area (Å²) in [7, 11) is -1.93. The molecule has 0 saturated carbocycles. The highest BCUT2D eigenvalue weighted by atomic mass is 32.2. The molecule has 0 unspecified atom stereocenters. The van der Waals surface area contributed by atoms with Crippen molar-refractivity contribution in [2.24, 2.45) is 0 Å². The highest BCUT2D eigenvalue weighted by molar-refractivity contribution is 7.87. The van der Waals surface area contributed by atoms with Crippen LogP contribution in [0.2, 0.25) is 0 Å². The lowest BCUT2D eigenvalue weighted by Crippen LogP contribution is -2.62. The Morgan fingerprint density at radius 1 is 0.542 bits per heavy atom. The number of ether oxygens (including phenoxy) is 4. The van der Waals surface area contributed by atoms with Crippen LogP contribution < -0.4 is 0 Å². The van der Waals surface area contributed by atoms with Gasteiger partial charge in [0, 0.05) is 28.2 Å². The molecule has 4 atom stereocenters. The third kappa shape index (κ3) is 2.00. The van der Waals surface area contributed by atoms with Crippen LogP contribution in [0.4, 0.5) is 0 Å². The number of likely N-dealkylation sites (N-methyl/N-ethyl adjacent to an activating group) is 4. The summed E-state index contributed by atoms with van der Waals surface area (Å²) in [5, 5.41) is 0. The Kier molecular flexibility index (Phi) is 3.59. The summed E-state index contributed by atoms with van der Waals surface area (Å²) in [6.45, 7) is 0. The Hall–Kier alpha value is -0.420. The zero-order chi connectivity index (χ0) is 17.6. The van der Waals surface area contributed by atoms with Crippen molar-refractivity contribution in [3.63, 3.8) is 0 Å². The standard InChI is InChI=1S/C10H18N4O8S2/c1-11-5-6(12(2)23(11,15)16)20-10-9(19-5)21-7-8(22-10)14(4)24(17,18)13(7)3/h5-10H,1-4H3/t5-,6+,7-,8+,9?,10?. The van der Waals surface area contributed by atoms with E-state index >= 15 is 0 Å². The van der Waals surface area contributed by atoms with E-state index in [1.807, 2.05) is 0 Å². The van der Waals surface area contributed by atoms with E-state index < -0.39 is 57.9 Å². The molecule has 138 valence electrons. The quantitative estimate of drug-likeness (QED) is 0.441. The molecule has 4 heterocycles. The number of rotatable bonds is 0. The van der Waals surface area contributed by atoms with Crippen LogP contribution in [-0.4, -0.2) is 99.7 Å². The van der Waals surface area contributed by atoms with Crippen LogP contribution in [0.5, 0.6) is 0 Å². The number of nitrogens with zero attached hydrogens (tertiary/aromatic N) is 4. The molecule has 14 heteroatoms. The Morgan fingerprint density at radius 3 is 0.958 bits per heavy atom. The molecule has 4 saturated heterocycles. The molecule has 0 N–H and O–H groups in total. The summed E-state index contributed by atoms with van der Waals surface area (Å²) in [6.07, 6.45) is -5.77. The van der Waals surface area contributed by atoms with Gasteiger partial charge in [0.15, 0.2) is 24.9 Å². The molecule has 0 radical (unpaired) electrons. The van der Waals surface area contributed by atoms with E-state index in [2.05, 4.69) is 0 Å². The van der Waals surface area contributed by atoms with Gasteiger partial charge in [0.05, 0.1) is 0 Å². The molecule has 4 fully saturated rings. The van der Waals surface area contributed by atoms with Gasteiger partial charge < -0.3 is 18.9 Å². The highest BCUT2D eigenvalue weighted by Crippen LogP contribution is 2.40. The molecular weight excluding hydrogens is 368 g/mol. The lowest BCUT2D eigenvalue weighted by molar-refractivity contribution is -0.438. The summed E-state index contributed by atoms with van der Waals surface area (Å²) in [6, 6.07) is 0. The lowest BCUT2D eigenvalue weighted by atomic mass is 10.3. The van der Waals surface area contributed by atoms with Crippen molar-refractivity contribution in [1.82, 2.24) is 17.2 Å². The molecule has 0 bridgehead atoms. The van der Waals surface area contributed by atoms with Crippen LogP contribution in [0.15, 0.2) is 0 Å². The van der Waals surface area contributed by atoms with Crippen molar-refractivity contribution in [2.75, 3.05) is 28.2 Å². The van der Waals surface area contributed by atoms with Gasteiger partial charge in [0.1, 0.15) is 0 Å². The van der Waals surface area contributed by atoms with E-state index in [-0.39, 0.29) is 0 Å². The average molecular weight is 386 g/mol. The molecule has 0 aromatic heterocycles. The minimum atomic E-state index is -3.70. The fourth-order valence-electron chi connectivity index (χ4n) is 3.13. The van der Waals surface area contributed by atoms with Gasteiger partial charge in [-0.3, -0.25) is 0 Å². The van der Waals surface area contributed by atoms with Gasteiger partial charge >= 0.3 is 0 Å². The van der Waals surface area contributed by atoms with Crippen LogP contribution >= 0.6 is 0 Å². The van der Waals surface area contributed by atoms with Gasteiger partial charge in [-0.15, -0.1) is 0 Å². The molecule has 0 aromatic carbocycles. The molecule has 4 aliphatic rings. The maximum atomic E-state index is 12.2. The minimum Gasteiger partial charge on any atom is -0.324 e. The van der Waals surface area contributed by atoms with Crippen LogP contribution in [0.25, 0.3) is 0 Å². The maximum Gasteiger partial charge on any atom is 0.286 e. The lowest BCUT2D eigenvalue weighted by Gasteiger charge is -2.45. The van der Waals surface area contributed by atoms with E-state index in [1.54, 1.807) is 0 Å². The van der Waals surface area contributed by atoms with Crippen molar-refractivity contribution >= 4 is 20.4 Å². The zero-order valence-corrected chi connectivity index (χ0v) is 15.0. The van der Waals surface area contributed by atoms with E-state index in [1.165, 1.54) is 28.2 Å². The van der Waals surface area contributed by atoms with Crippen molar-refractivity contribution in [3.05, 3.63) is 0 Å². The Morgan fingerprint density at radius 2 is 0.750 bits per heavy atom. The van der Waals surface area contributed by atoms with E-state index in [0.717, 1.165) is 17.2 Å². The van der Waals surface area contributed by atoms with Crippen molar-refractivity contribution in [1.29, 1.82) is 0 Å². The van der Waals surface area contributed by atoms with Crippen molar-refractivity contribution < 1.29 is 35.8 Å². The topological polar surface area (TPSA) is 118 Å². The molecule has 24 heavy (non-hydrogen) atoms. The molecule has 4 aliphatic heterocycles. The van der Waals surface area contributed by atoms with Gasteiger partial charge in [-0.05, 0) is 0 Å². The Labute approximate surface area is 139 Å². The molecule has 0 spiro atoms. The largest absolute Gasteiger partial charge is 0.324 e. The zero-order valence-electron chi connectivity index (χ0n) is 13.3. The number of hydrogen-bond donors (Lipinski definition) is 0. The average Bonchev–Trinajstić information content (AvgIpc) is 2.80. The van der Waals surface area contributed by atoms with Crippen molar-refractivity contribution in [3.8, 4) is 0 Å². The molecule has 4 rings (SSSR count). The molecule has 12 nitrogen and oxygen atoms in total. The second-order valence-electron chi connectivity index (χ2n) is 5.92. The fraction of sp³-hybridized carbons (Fsp3) is 1.00. The highest BCUT2D eigenvalue weighted by Gasteiger charge is 2.61. The van der Waals surface area contributed by atoms with Gasteiger partial charge in [0.2, 0.25) is 12.6 Å². The van der Waals surface area contributed by atoms with Gasteiger partial charge in [-0.2, -0.15) is 34.1 Å². The SMILES string of the molecule is CN1[C@@H]2OC3O[C@@H]4[C@H](OC3O[C@@H]2N(C)S1(=O)=O)N(C)S(=O)(=O)N4C. The normalized spacial score (nSPS) is 48.8. The van der Waals surface area contributed by atoms with E-state index in [0.29, 0.717) is 0 Å².